The second-order valence-corrected chi connectivity index (χ2v) is 10.4. The molecule has 0 spiro atoms. The van der Waals surface area contributed by atoms with Gasteiger partial charge in [0.05, 0.1) is 0 Å². The summed E-state index contributed by atoms with van der Waals surface area (Å²) in [6.45, 7) is 5.21. The van der Waals surface area contributed by atoms with Crippen LogP contribution in [0.15, 0.2) is 0 Å². The van der Waals surface area contributed by atoms with Crippen LogP contribution >= 0.6 is 0 Å². The summed E-state index contributed by atoms with van der Waals surface area (Å²) in [5.74, 6) is -0.632. The highest BCUT2D eigenvalue weighted by atomic mass is 32.3. The molecule has 1 fully saturated rings. The van der Waals surface area contributed by atoms with Gasteiger partial charge in [-0.2, -0.15) is 4.31 Å². The number of sulfonamides is 1. The summed E-state index contributed by atoms with van der Waals surface area (Å²) in [4.78, 5) is 12.0. The van der Waals surface area contributed by atoms with Crippen LogP contribution in [-0.2, 0) is 29.4 Å². The Balaban J connectivity index is 2.93. The Kier molecular flexibility index (Phi) is 4.87. The van der Waals surface area contributed by atoms with Gasteiger partial charge in [0, 0.05) is 12.8 Å². The van der Waals surface area contributed by atoms with Crippen molar-refractivity contribution in [1.29, 1.82) is 0 Å². The molecule has 0 aliphatic carbocycles. The topological polar surface area (TPSA) is 97.8 Å². The maximum absolute atomic E-state index is 12.1. The highest BCUT2D eigenvalue weighted by Gasteiger charge is 2.41. The van der Waals surface area contributed by atoms with Crippen molar-refractivity contribution in [2.75, 3.05) is 17.9 Å². The van der Waals surface area contributed by atoms with Crippen molar-refractivity contribution >= 4 is 25.8 Å². The molecule has 1 aliphatic heterocycles. The number of carbonyl (C=O) groups is 1. The van der Waals surface area contributed by atoms with Crippen LogP contribution in [0.3, 0.4) is 0 Å². The van der Waals surface area contributed by atoms with Crippen LogP contribution in [0.4, 0.5) is 0 Å². The van der Waals surface area contributed by atoms with Crippen LogP contribution in [0, 0.1) is 0 Å². The number of esters is 1. The molecule has 0 amide bonds. The third-order valence-corrected chi connectivity index (χ3v) is 6.66. The molecule has 1 atom stereocenters. The number of rotatable bonds is 4. The average molecular weight is 327 g/mol. The van der Waals surface area contributed by atoms with Crippen molar-refractivity contribution in [1.82, 2.24) is 4.31 Å². The Morgan fingerprint density at radius 3 is 2.25 bits per heavy atom. The Labute approximate surface area is 120 Å². The van der Waals surface area contributed by atoms with Gasteiger partial charge in [0.15, 0.2) is 14.9 Å². The first-order valence-electron chi connectivity index (χ1n) is 6.22. The summed E-state index contributed by atoms with van der Waals surface area (Å²) in [5, 5.41) is -0.987. The SMILES string of the molecule is CC(C)(C)OC(=O)[C@H]1CCCN1S(=O)(=O)CS(C)(=O)=O. The van der Waals surface area contributed by atoms with E-state index in [-0.39, 0.29) is 6.54 Å². The molecule has 20 heavy (non-hydrogen) atoms. The minimum Gasteiger partial charge on any atom is -0.459 e. The number of sulfone groups is 1. The Bertz CT molecular complexity index is 573. The smallest absolute Gasteiger partial charge is 0.324 e. The van der Waals surface area contributed by atoms with E-state index in [1.54, 1.807) is 20.8 Å². The molecule has 7 nitrogen and oxygen atoms in total. The van der Waals surface area contributed by atoms with E-state index >= 15 is 0 Å². The first-order chi connectivity index (χ1) is 8.82. The lowest BCUT2D eigenvalue weighted by atomic mass is 10.2. The van der Waals surface area contributed by atoms with E-state index in [1.807, 2.05) is 0 Å². The molecule has 0 radical (unpaired) electrons. The first kappa shape index (κ1) is 17.4. The van der Waals surface area contributed by atoms with E-state index < -0.39 is 42.6 Å². The van der Waals surface area contributed by atoms with E-state index in [0.717, 1.165) is 10.6 Å². The molecular weight excluding hydrogens is 306 g/mol. The molecule has 1 saturated heterocycles. The highest BCUT2D eigenvalue weighted by Crippen LogP contribution is 2.24. The molecule has 0 aromatic rings. The van der Waals surface area contributed by atoms with Crippen LogP contribution in [0.5, 0.6) is 0 Å². The molecular formula is C11H21NO6S2. The molecule has 1 aliphatic rings. The zero-order chi connectivity index (χ0) is 15.8. The molecule has 0 aromatic heterocycles. The zero-order valence-corrected chi connectivity index (χ0v) is 13.8. The summed E-state index contributed by atoms with van der Waals surface area (Å²) in [7, 11) is -7.71. The fourth-order valence-corrected chi connectivity index (χ4v) is 5.71. The number of carbonyl (C=O) groups excluding carboxylic acids is 1. The second kappa shape index (κ2) is 5.61. The quantitative estimate of drug-likeness (QED) is 0.681. The fourth-order valence-electron chi connectivity index (χ4n) is 2.02. The normalized spacial score (nSPS) is 21.9. The summed E-state index contributed by atoms with van der Waals surface area (Å²) < 4.78 is 52.6. The van der Waals surface area contributed by atoms with E-state index in [0.29, 0.717) is 12.8 Å². The number of nitrogens with zero attached hydrogens (tertiary/aromatic N) is 1. The largest absolute Gasteiger partial charge is 0.459 e. The lowest BCUT2D eigenvalue weighted by Gasteiger charge is -2.26. The van der Waals surface area contributed by atoms with Gasteiger partial charge >= 0.3 is 5.97 Å². The van der Waals surface area contributed by atoms with Crippen molar-refractivity contribution in [2.45, 2.75) is 45.3 Å². The van der Waals surface area contributed by atoms with Crippen LogP contribution in [0.2, 0.25) is 0 Å². The molecule has 0 saturated carbocycles. The van der Waals surface area contributed by atoms with Crippen LogP contribution in [0.1, 0.15) is 33.6 Å². The molecule has 1 heterocycles. The summed E-state index contributed by atoms with van der Waals surface area (Å²) in [6, 6.07) is -0.930. The van der Waals surface area contributed by atoms with E-state index in [2.05, 4.69) is 0 Å². The molecule has 0 bridgehead atoms. The number of hydrogen-bond donors (Lipinski definition) is 0. The van der Waals surface area contributed by atoms with Crippen LogP contribution < -0.4 is 0 Å². The van der Waals surface area contributed by atoms with E-state index in [4.69, 9.17) is 4.74 Å². The number of ether oxygens (including phenoxy) is 1. The van der Waals surface area contributed by atoms with Gasteiger partial charge in [0.25, 0.3) is 0 Å². The van der Waals surface area contributed by atoms with Gasteiger partial charge in [0.2, 0.25) is 10.0 Å². The monoisotopic (exact) mass is 327 g/mol. The molecule has 9 heteroatoms. The van der Waals surface area contributed by atoms with Crippen LogP contribution in [-0.4, -0.2) is 56.6 Å². The first-order valence-corrected chi connectivity index (χ1v) is 9.89. The fraction of sp³-hybridized carbons (Fsp3) is 0.909. The summed E-state index contributed by atoms with van der Waals surface area (Å²) >= 11 is 0. The third-order valence-electron chi connectivity index (χ3n) is 2.60. The van der Waals surface area contributed by atoms with E-state index in [1.165, 1.54) is 0 Å². The Hall–Kier alpha value is -0.670. The third kappa shape index (κ3) is 5.02. The molecule has 0 aromatic carbocycles. The lowest BCUT2D eigenvalue weighted by Crippen LogP contribution is -2.45. The van der Waals surface area contributed by atoms with E-state index in [9.17, 15) is 21.6 Å². The van der Waals surface area contributed by atoms with Gasteiger partial charge < -0.3 is 4.74 Å². The Morgan fingerprint density at radius 1 is 1.25 bits per heavy atom. The number of hydrogen-bond acceptors (Lipinski definition) is 6. The van der Waals surface area contributed by atoms with Crippen molar-refractivity contribution in [3.05, 3.63) is 0 Å². The molecule has 118 valence electrons. The zero-order valence-electron chi connectivity index (χ0n) is 12.1. The minimum absolute atomic E-state index is 0.141. The predicted molar refractivity (Wildman–Crippen MR) is 74.2 cm³/mol. The van der Waals surface area contributed by atoms with Crippen molar-refractivity contribution in [2.24, 2.45) is 0 Å². The lowest BCUT2D eigenvalue weighted by molar-refractivity contribution is -0.158. The molecule has 1 rings (SSSR count). The highest BCUT2D eigenvalue weighted by molar-refractivity contribution is 8.06. The van der Waals surface area contributed by atoms with Gasteiger partial charge in [-0.05, 0) is 33.6 Å². The Morgan fingerprint density at radius 2 is 1.80 bits per heavy atom. The van der Waals surface area contributed by atoms with Crippen molar-refractivity contribution in [3.63, 3.8) is 0 Å². The van der Waals surface area contributed by atoms with Crippen molar-refractivity contribution < 1.29 is 26.4 Å². The molecule has 0 unspecified atom stereocenters. The van der Waals surface area contributed by atoms with Gasteiger partial charge in [0.1, 0.15) is 11.6 Å². The maximum atomic E-state index is 12.1. The van der Waals surface area contributed by atoms with Gasteiger partial charge in [-0.15, -0.1) is 0 Å². The summed E-state index contributed by atoms with van der Waals surface area (Å²) in [6.07, 6.45) is 1.70. The second-order valence-electron chi connectivity index (χ2n) is 5.96. The van der Waals surface area contributed by atoms with Crippen molar-refractivity contribution in [3.8, 4) is 0 Å². The molecule has 0 N–H and O–H groups in total. The average Bonchev–Trinajstić information content (AvgIpc) is 2.58. The van der Waals surface area contributed by atoms with Gasteiger partial charge in [-0.25, -0.2) is 16.8 Å². The van der Waals surface area contributed by atoms with Crippen LogP contribution in [0.25, 0.3) is 0 Å². The summed E-state index contributed by atoms with van der Waals surface area (Å²) in [5.41, 5.74) is -0.716. The maximum Gasteiger partial charge on any atom is 0.324 e. The standard InChI is InChI=1S/C11H21NO6S2/c1-11(2,3)18-10(13)9-6-5-7-12(9)20(16,17)8-19(4,14)15/h9H,5-8H2,1-4H3/t9-/m1/s1. The minimum atomic E-state index is -4.02. The van der Waals surface area contributed by atoms with Gasteiger partial charge in [-0.1, -0.05) is 0 Å². The van der Waals surface area contributed by atoms with Gasteiger partial charge in [-0.3, -0.25) is 4.79 Å². The predicted octanol–water partition coefficient (Wildman–Crippen LogP) is 0.124.